The van der Waals surface area contributed by atoms with Crippen LogP contribution in [-0.4, -0.2) is 39.9 Å². The number of fused-ring (bicyclic) bond motifs is 20. The quantitative estimate of drug-likeness (QED) is 0.120. The number of benzene rings is 4. The third-order valence-electron chi connectivity index (χ3n) is 7.79. The Labute approximate surface area is 253 Å². The van der Waals surface area contributed by atoms with Crippen molar-refractivity contribution in [1.82, 2.24) is 39.9 Å². The molecule has 0 amide bonds. The molecule has 0 atom stereocenters. The number of nitrogens with one attached hydrogen (secondary N) is 2. The Balaban J connectivity index is 0.00000278. The average Bonchev–Trinajstić information content (AvgIpc) is 3.74. The summed E-state index contributed by atoms with van der Waals surface area (Å²) in [4.78, 5) is 36.6. The SMILES string of the molecule is Nc1ccc2c3nc4nc(nc5[nH]c(nc6nc(nc([nH]3)c2c1N)-c1ccccc1-6)c1ccccc51)-c1ccccc1-4.[Cu+]. The molecular formula is C32H20CuN10+. The van der Waals surface area contributed by atoms with Gasteiger partial charge in [-0.15, -0.1) is 0 Å². The minimum Gasteiger partial charge on any atom is -0.397 e. The molecular weight excluding hydrogens is 588 g/mol. The predicted molar refractivity (Wildman–Crippen MR) is 165 cm³/mol. The number of H-pyrrole nitrogens is 2. The fraction of sp³-hybridized carbons (Fsp3) is 0. The third-order valence-corrected chi connectivity index (χ3v) is 7.79. The van der Waals surface area contributed by atoms with Gasteiger partial charge in [0.05, 0.1) is 16.8 Å². The van der Waals surface area contributed by atoms with Crippen molar-refractivity contribution in [2.75, 3.05) is 11.5 Å². The molecule has 9 rings (SSSR count). The second kappa shape index (κ2) is 9.18. The molecule has 3 aromatic heterocycles. The second-order valence-electron chi connectivity index (χ2n) is 10.2. The predicted octanol–water partition coefficient (Wildman–Crippen LogP) is 6.03. The molecule has 10 nitrogen and oxygen atoms in total. The summed E-state index contributed by atoms with van der Waals surface area (Å²) in [7, 11) is 0. The molecule has 8 bridgehead atoms. The number of hydrogen-bond donors (Lipinski definition) is 4. The first-order chi connectivity index (χ1) is 20.6. The van der Waals surface area contributed by atoms with Crippen molar-refractivity contribution in [3.63, 3.8) is 0 Å². The Morgan fingerprint density at radius 2 is 0.814 bits per heavy atom. The molecule has 0 aliphatic carbocycles. The van der Waals surface area contributed by atoms with Crippen LogP contribution in [0.15, 0.2) is 84.9 Å². The van der Waals surface area contributed by atoms with Gasteiger partial charge in [0.25, 0.3) is 0 Å². The van der Waals surface area contributed by atoms with Crippen molar-refractivity contribution in [2.45, 2.75) is 0 Å². The zero-order valence-corrected chi connectivity index (χ0v) is 23.2. The third kappa shape index (κ3) is 3.66. The van der Waals surface area contributed by atoms with E-state index >= 15 is 0 Å². The first kappa shape index (κ1) is 25.1. The van der Waals surface area contributed by atoms with Crippen LogP contribution in [-0.2, 0) is 17.1 Å². The monoisotopic (exact) mass is 607 g/mol. The topological polar surface area (TPSA) is 161 Å². The normalized spacial score (nSPS) is 11.7. The van der Waals surface area contributed by atoms with Crippen LogP contribution >= 0.6 is 0 Å². The second-order valence-corrected chi connectivity index (χ2v) is 10.2. The van der Waals surface area contributed by atoms with Crippen LogP contribution in [0.1, 0.15) is 0 Å². The molecule has 0 unspecified atom stereocenters. The number of anilines is 2. The van der Waals surface area contributed by atoms with Gasteiger partial charge in [0.1, 0.15) is 22.6 Å². The molecule has 6 N–H and O–H groups in total. The summed E-state index contributed by atoms with van der Waals surface area (Å²) in [6.07, 6.45) is 0. The van der Waals surface area contributed by atoms with E-state index in [1.165, 1.54) is 0 Å². The number of rotatable bonds is 0. The number of nitrogens with two attached hydrogens (primary N) is 2. The zero-order valence-electron chi connectivity index (χ0n) is 22.2. The molecule has 43 heavy (non-hydrogen) atoms. The van der Waals surface area contributed by atoms with Gasteiger partial charge in [-0.3, -0.25) is 0 Å². The van der Waals surface area contributed by atoms with Crippen LogP contribution in [0.4, 0.5) is 11.4 Å². The van der Waals surface area contributed by atoms with Crippen LogP contribution in [0.2, 0.25) is 0 Å². The molecule has 208 valence electrons. The summed E-state index contributed by atoms with van der Waals surface area (Å²) < 4.78 is 0. The summed E-state index contributed by atoms with van der Waals surface area (Å²) in [5.41, 5.74) is 19.5. The van der Waals surface area contributed by atoms with E-state index in [1.807, 2.05) is 78.9 Å². The van der Waals surface area contributed by atoms with Gasteiger partial charge in [-0.1, -0.05) is 72.8 Å². The molecule has 4 aromatic carbocycles. The van der Waals surface area contributed by atoms with E-state index in [1.54, 1.807) is 6.07 Å². The Hall–Kier alpha value is -5.64. The molecule has 0 saturated carbocycles. The molecule has 0 radical (unpaired) electrons. The molecule has 2 aliphatic heterocycles. The summed E-state index contributed by atoms with van der Waals surface area (Å²) >= 11 is 0. The zero-order chi connectivity index (χ0) is 27.9. The fourth-order valence-electron chi connectivity index (χ4n) is 5.77. The Morgan fingerprint density at radius 3 is 1.30 bits per heavy atom. The maximum absolute atomic E-state index is 6.53. The summed E-state index contributed by atoms with van der Waals surface area (Å²) in [6.45, 7) is 0. The van der Waals surface area contributed by atoms with E-state index in [9.17, 15) is 0 Å². The van der Waals surface area contributed by atoms with Gasteiger partial charge in [0.2, 0.25) is 0 Å². The van der Waals surface area contributed by atoms with Gasteiger partial charge in [0, 0.05) is 38.4 Å². The van der Waals surface area contributed by atoms with Gasteiger partial charge < -0.3 is 21.4 Å². The van der Waals surface area contributed by atoms with Crippen molar-refractivity contribution in [2.24, 2.45) is 0 Å². The van der Waals surface area contributed by atoms with E-state index in [0.717, 1.165) is 38.4 Å². The Morgan fingerprint density at radius 1 is 0.419 bits per heavy atom. The average molecular weight is 608 g/mol. The van der Waals surface area contributed by atoms with Crippen molar-refractivity contribution < 1.29 is 17.1 Å². The smallest absolute Gasteiger partial charge is 0.397 e. The molecule has 7 aromatic rings. The molecule has 5 heterocycles. The van der Waals surface area contributed by atoms with Gasteiger partial charge in [0.15, 0.2) is 23.3 Å². The number of aromatic nitrogens is 8. The standard InChI is InChI=1S/C32H20N10.Cu/c33-22-14-13-21-23(24(22)34)32-41-30-20-12-6-5-11-19(20)28(39-30)37-26-16-8-2-1-7-15(16)25(35-26)36-27-17-9-3-4-10-18(17)29(38-27)40-31(21)42-32;/h1-14H,33-34H2,(H2,35,36,37,38,39,40,41,42);/q;+1. The molecule has 11 heteroatoms. The largest absolute Gasteiger partial charge is 1.00 e. The maximum atomic E-state index is 6.53. The first-order valence-electron chi connectivity index (χ1n) is 13.4. The summed E-state index contributed by atoms with van der Waals surface area (Å²) in [5, 5.41) is 3.30. The van der Waals surface area contributed by atoms with Crippen LogP contribution < -0.4 is 11.5 Å². The van der Waals surface area contributed by atoms with Crippen LogP contribution in [0.25, 0.3) is 89.7 Å². The van der Waals surface area contributed by atoms with Crippen LogP contribution in [0.5, 0.6) is 0 Å². The van der Waals surface area contributed by atoms with E-state index < -0.39 is 0 Å². The van der Waals surface area contributed by atoms with Gasteiger partial charge in [-0.25, -0.2) is 29.9 Å². The number of aromatic amines is 2. The first-order valence-corrected chi connectivity index (χ1v) is 13.4. The molecule has 0 saturated heterocycles. The summed E-state index contributed by atoms with van der Waals surface area (Å²) in [6, 6.07) is 27.5. The maximum Gasteiger partial charge on any atom is 1.00 e. The van der Waals surface area contributed by atoms with Gasteiger partial charge in [-0.2, -0.15) is 0 Å². The van der Waals surface area contributed by atoms with Crippen LogP contribution in [0.3, 0.4) is 0 Å². The van der Waals surface area contributed by atoms with E-state index in [4.69, 9.17) is 41.4 Å². The number of nitrogen functional groups attached to an aromatic ring is 2. The molecule has 0 fully saturated rings. The fourth-order valence-corrected chi connectivity index (χ4v) is 5.77. The van der Waals surface area contributed by atoms with Crippen molar-refractivity contribution in [1.29, 1.82) is 0 Å². The molecule has 2 aliphatic rings. The number of hydrogen-bond acceptors (Lipinski definition) is 8. The van der Waals surface area contributed by atoms with Crippen molar-refractivity contribution >= 4 is 55.5 Å². The minimum atomic E-state index is 0. The van der Waals surface area contributed by atoms with Gasteiger partial charge >= 0.3 is 17.1 Å². The molecule has 0 spiro atoms. The van der Waals surface area contributed by atoms with E-state index in [0.29, 0.717) is 62.6 Å². The van der Waals surface area contributed by atoms with Crippen molar-refractivity contribution in [3.8, 4) is 45.6 Å². The summed E-state index contributed by atoms with van der Waals surface area (Å²) in [5.74, 6) is 2.13. The van der Waals surface area contributed by atoms with Crippen molar-refractivity contribution in [3.05, 3.63) is 84.9 Å². The van der Waals surface area contributed by atoms with E-state index in [2.05, 4.69) is 9.97 Å². The van der Waals surface area contributed by atoms with Gasteiger partial charge in [-0.05, 0) is 12.1 Å². The number of nitrogens with zero attached hydrogens (tertiary/aromatic N) is 6. The minimum absolute atomic E-state index is 0. The van der Waals surface area contributed by atoms with Crippen LogP contribution in [0, 0.1) is 0 Å². The Kier molecular flexibility index (Phi) is 5.36. The Bertz CT molecular complexity index is 2460. The van der Waals surface area contributed by atoms with E-state index in [-0.39, 0.29) is 17.1 Å².